The third-order valence-corrected chi connectivity index (χ3v) is 5.90. The van der Waals surface area contributed by atoms with Crippen molar-refractivity contribution in [2.45, 2.75) is 59.6 Å². The van der Waals surface area contributed by atoms with Crippen LogP contribution in [0, 0.1) is 20.8 Å². The maximum Gasteiger partial charge on any atom is 0.271 e. The lowest BCUT2D eigenvalue weighted by Gasteiger charge is -2.32. The van der Waals surface area contributed by atoms with E-state index in [1.807, 2.05) is 34.7 Å². The van der Waals surface area contributed by atoms with Gasteiger partial charge in [0, 0.05) is 43.7 Å². The van der Waals surface area contributed by atoms with Gasteiger partial charge in [-0.05, 0) is 51.0 Å². The van der Waals surface area contributed by atoms with E-state index < -0.39 is 0 Å². The number of aromatic amines is 1. The molecule has 1 aliphatic heterocycles. The molecule has 1 saturated heterocycles. The van der Waals surface area contributed by atoms with Gasteiger partial charge in [-0.25, -0.2) is 0 Å². The van der Waals surface area contributed by atoms with Crippen LogP contribution in [0.5, 0.6) is 5.75 Å². The van der Waals surface area contributed by atoms with Gasteiger partial charge in [0.1, 0.15) is 17.5 Å². The summed E-state index contributed by atoms with van der Waals surface area (Å²) in [6.07, 6.45) is 2.80. The van der Waals surface area contributed by atoms with Crippen molar-refractivity contribution in [1.29, 1.82) is 0 Å². The molecule has 0 radical (unpaired) electrons. The molecule has 0 aliphatic carbocycles. The van der Waals surface area contributed by atoms with Crippen LogP contribution in [0.2, 0.25) is 0 Å². The summed E-state index contributed by atoms with van der Waals surface area (Å²) in [5, 5.41) is 12.0. The monoisotopic (exact) mass is 421 g/mol. The van der Waals surface area contributed by atoms with Crippen molar-refractivity contribution in [3.8, 4) is 17.0 Å². The molecule has 31 heavy (non-hydrogen) atoms. The summed E-state index contributed by atoms with van der Waals surface area (Å²) in [4.78, 5) is 14.9. The van der Waals surface area contributed by atoms with Crippen LogP contribution in [-0.4, -0.2) is 50.0 Å². The highest BCUT2D eigenvalue weighted by atomic mass is 16.5. The fourth-order valence-electron chi connectivity index (χ4n) is 4.28. The molecule has 7 nitrogen and oxygen atoms in total. The Bertz CT molecular complexity index is 1060. The molecule has 3 heterocycles. The van der Waals surface area contributed by atoms with E-state index in [1.165, 1.54) is 5.56 Å². The molecule has 0 saturated carbocycles. The second kappa shape index (κ2) is 8.96. The van der Waals surface area contributed by atoms with Gasteiger partial charge in [0.2, 0.25) is 0 Å². The van der Waals surface area contributed by atoms with Gasteiger partial charge in [0.05, 0.1) is 11.4 Å². The molecule has 1 fully saturated rings. The van der Waals surface area contributed by atoms with Crippen molar-refractivity contribution in [2.75, 3.05) is 13.1 Å². The fourth-order valence-corrected chi connectivity index (χ4v) is 4.28. The van der Waals surface area contributed by atoms with Gasteiger partial charge in [-0.3, -0.25) is 14.6 Å². The number of benzene rings is 1. The van der Waals surface area contributed by atoms with E-state index in [1.54, 1.807) is 0 Å². The molecule has 0 spiro atoms. The molecular formula is C24H31N5O2. The number of H-pyrrole nitrogens is 1. The zero-order valence-corrected chi connectivity index (χ0v) is 18.8. The SMILES string of the molecule is CCCn1nc(C)c(-c2cc(C(=O)N3CCC(Oc4cccc(C)c4)CC3)[nH]n2)c1C. The summed E-state index contributed by atoms with van der Waals surface area (Å²) in [5.41, 5.74) is 5.51. The first-order valence-corrected chi connectivity index (χ1v) is 11.1. The third kappa shape index (κ3) is 4.50. The number of ether oxygens (including phenoxy) is 1. The zero-order chi connectivity index (χ0) is 22.0. The second-order valence-corrected chi connectivity index (χ2v) is 8.36. The van der Waals surface area contributed by atoms with Crippen LogP contribution in [-0.2, 0) is 6.54 Å². The second-order valence-electron chi connectivity index (χ2n) is 8.36. The number of carbonyl (C=O) groups excluding carboxylic acids is 1. The Hall–Kier alpha value is -3.09. The summed E-state index contributed by atoms with van der Waals surface area (Å²) in [6.45, 7) is 10.5. The minimum atomic E-state index is -0.0102. The average Bonchev–Trinajstić information content (AvgIpc) is 3.33. The van der Waals surface area contributed by atoms with Crippen molar-refractivity contribution in [2.24, 2.45) is 0 Å². The number of hydrogen-bond acceptors (Lipinski definition) is 4. The van der Waals surface area contributed by atoms with Crippen LogP contribution in [0.25, 0.3) is 11.3 Å². The summed E-state index contributed by atoms with van der Waals surface area (Å²) in [7, 11) is 0. The molecule has 0 unspecified atom stereocenters. The van der Waals surface area contributed by atoms with E-state index >= 15 is 0 Å². The van der Waals surface area contributed by atoms with Crippen LogP contribution in [0.4, 0.5) is 0 Å². The van der Waals surface area contributed by atoms with Crippen molar-refractivity contribution < 1.29 is 9.53 Å². The molecule has 3 aromatic rings. The van der Waals surface area contributed by atoms with Gasteiger partial charge in [-0.15, -0.1) is 0 Å². The van der Waals surface area contributed by atoms with Crippen molar-refractivity contribution >= 4 is 5.91 Å². The number of piperidine rings is 1. The number of likely N-dealkylation sites (tertiary alicyclic amines) is 1. The molecule has 2 aromatic heterocycles. The molecule has 1 aromatic carbocycles. The Morgan fingerprint density at radius 3 is 2.68 bits per heavy atom. The van der Waals surface area contributed by atoms with E-state index in [0.29, 0.717) is 18.8 Å². The summed E-state index contributed by atoms with van der Waals surface area (Å²) in [5.74, 6) is 0.890. The lowest BCUT2D eigenvalue weighted by Crippen LogP contribution is -2.41. The lowest BCUT2D eigenvalue weighted by atomic mass is 10.1. The number of nitrogens with zero attached hydrogens (tertiary/aromatic N) is 4. The van der Waals surface area contributed by atoms with Crippen LogP contribution in [0.15, 0.2) is 30.3 Å². The highest BCUT2D eigenvalue weighted by molar-refractivity contribution is 5.93. The van der Waals surface area contributed by atoms with Gasteiger partial charge in [0.15, 0.2) is 0 Å². The third-order valence-electron chi connectivity index (χ3n) is 5.90. The standard InChI is InChI=1S/C24H31N5O2/c1-5-11-29-18(4)23(17(3)27-29)21-15-22(26-25-21)24(30)28-12-9-19(10-13-28)31-20-8-6-7-16(2)14-20/h6-8,14-15,19H,5,9-13H2,1-4H3,(H,25,26). The fraction of sp³-hybridized carbons (Fsp3) is 0.458. The van der Waals surface area contributed by atoms with Gasteiger partial charge in [-0.2, -0.15) is 10.2 Å². The van der Waals surface area contributed by atoms with E-state index in [2.05, 4.69) is 48.2 Å². The Morgan fingerprint density at radius 1 is 1.19 bits per heavy atom. The Labute approximate surface area is 183 Å². The molecule has 164 valence electrons. The van der Waals surface area contributed by atoms with Gasteiger partial charge in [0.25, 0.3) is 5.91 Å². The van der Waals surface area contributed by atoms with Gasteiger partial charge in [-0.1, -0.05) is 19.1 Å². The minimum absolute atomic E-state index is 0.0102. The average molecular weight is 422 g/mol. The smallest absolute Gasteiger partial charge is 0.271 e. The number of hydrogen-bond donors (Lipinski definition) is 1. The van der Waals surface area contributed by atoms with E-state index in [0.717, 1.165) is 54.2 Å². The molecule has 1 N–H and O–H groups in total. The summed E-state index contributed by atoms with van der Waals surface area (Å²) < 4.78 is 8.13. The van der Waals surface area contributed by atoms with Crippen LogP contribution in [0.1, 0.15) is 53.6 Å². The quantitative estimate of drug-likeness (QED) is 0.644. The maximum atomic E-state index is 13.0. The highest BCUT2D eigenvalue weighted by Gasteiger charge is 2.26. The normalized spacial score (nSPS) is 14.8. The Kier molecular flexibility index (Phi) is 6.11. The maximum absolute atomic E-state index is 13.0. The lowest BCUT2D eigenvalue weighted by molar-refractivity contribution is 0.0590. The number of amides is 1. The first-order chi connectivity index (χ1) is 15.0. The van der Waals surface area contributed by atoms with Crippen molar-refractivity contribution in [1.82, 2.24) is 24.9 Å². The molecular weight excluding hydrogens is 390 g/mol. The van der Waals surface area contributed by atoms with Crippen LogP contribution in [0.3, 0.4) is 0 Å². The number of aromatic nitrogens is 4. The first kappa shape index (κ1) is 21.2. The molecule has 1 amide bonds. The summed E-state index contributed by atoms with van der Waals surface area (Å²) >= 11 is 0. The molecule has 1 aliphatic rings. The predicted octanol–water partition coefficient (Wildman–Crippen LogP) is 4.29. The van der Waals surface area contributed by atoms with E-state index in [4.69, 9.17) is 4.74 Å². The molecule has 7 heteroatoms. The number of carbonyl (C=O) groups is 1. The largest absolute Gasteiger partial charge is 0.490 e. The van der Waals surface area contributed by atoms with Crippen molar-refractivity contribution in [3.63, 3.8) is 0 Å². The van der Waals surface area contributed by atoms with Gasteiger partial charge >= 0.3 is 0 Å². The highest BCUT2D eigenvalue weighted by Crippen LogP contribution is 2.27. The van der Waals surface area contributed by atoms with Gasteiger partial charge < -0.3 is 9.64 Å². The molecule has 0 atom stereocenters. The molecule has 4 rings (SSSR count). The summed E-state index contributed by atoms with van der Waals surface area (Å²) in [6, 6.07) is 9.96. The van der Waals surface area contributed by atoms with Crippen molar-refractivity contribution in [3.05, 3.63) is 53.0 Å². The Balaban J connectivity index is 1.40. The zero-order valence-electron chi connectivity index (χ0n) is 18.8. The topological polar surface area (TPSA) is 76.0 Å². The number of nitrogens with one attached hydrogen (secondary N) is 1. The molecule has 0 bridgehead atoms. The van der Waals surface area contributed by atoms with Crippen LogP contribution < -0.4 is 4.74 Å². The van der Waals surface area contributed by atoms with Crippen LogP contribution >= 0.6 is 0 Å². The minimum Gasteiger partial charge on any atom is -0.490 e. The number of rotatable bonds is 6. The Morgan fingerprint density at radius 2 is 1.97 bits per heavy atom. The van der Waals surface area contributed by atoms with E-state index in [-0.39, 0.29) is 12.0 Å². The first-order valence-electron chi connectivity index (χ1n) is 11.1. The predicted molar refractivity (Wildman–Crippen MR) is 120 cm³/mol. The number of aryl methyl sites for hydroxylation is 3. The van der Waals surface area contributed by atoms with E-state index in [9.17, 15) is 4.79 Å².